The number of hydrogen-bond acceptors (Lipinski definition) is 2. The molecule has 0 radical (unpaired) electrons. The summed E-state index contributed by atoms with van der Waals surface area (Å²) < 4.78 is 16.7. The molecule has 0 unspecified atom stereocenters. The van der Waals surface area contributed by atoms with Gasteiger partial charge < -0.3 is 4.57 Å². The summed E-state index contributed by atoms with van der Waals surface area (Å²) in [6, 6.07) is 4.16. The van der Waals surface area contributed by atoms with Gasteiger partial charge in [-0.15, -0.1) is 0 Å². The van der Waals surface area contributed by atoms with E-state index in [1.807, 2.05) is 22.6 Å². The third kappa shape index (κ3) is 2.97. The first-order valence-electron chi connectivity index (χ1n) is 5.30. The van der Waals surface area contributed by atoms with Crippen LogP contribution in [-0.2, 0) is 13.6 Å². The Morgan fingerprint density at radius 1 is 1.37 bits per heavy atom. The van der Waals surface area contributed by atoms with Gasteiger partial charge in [0.15, 0.2) is 0 Å². The third-order valence-electron chi connectivity index (χ3n) is 2.63. The zero-order valence-electron chi connectivity index (χ0n) is 9.86. The highest BCUT2D eigenvalue weighted by atomic mass is 127. The standard InChI is InChI=1S/C12H9BrFIN2O2/c1-16-6-10(15)11(18)17(12(16)19)5-7-4-8(14)2-3-9(7)13/h2-4,6H,5H2,1H3. The lowest BCUT2D eigenvalue weighted by Gasteiger charge is -2.09. The molecule has 0 spiro atoms. The van der Waals surface area contributed by atoms with Gasteiger partial charge in [-0.1, -0.05) is 15.9 Å². The Bertz CT molecular complexity index is 720. The molecule has 19 heavy (non-hydrogen) atoms. The van der Waals surface area contributed by atoms with Gasteiger partial charge in [-0.3, -0.25) is 9.36 Å². The molecule has 2 aromatic rings. The summed E-state index contributed by atoms with van der Waals surface area (Å²) in [4.78, 5) is 23.9. The Morgan fingerprint density at radius 2 is 2.05 bits per heavy atom. The minimum Gasteiger partial charge on any atom is -0.302 e. The number of aromatic nitrogens is 2. The van der Waals surface area contributed by atoms with Crippen LogP contribution in [0.5, 0.6) is 0 Å². The molecule has 0 fully saturated rings. The minimum atomic E-state index is -0.429. The van der Waals surface area contributed by atoms with Gasteiger partial charge in [0.1, 0.15) is 5.82 Å². The van der Waals surface area contributed by atoms with Crippen molar-refractivity contribution in [2.75, 3.05) is 0 Å². The highest BCUT2D eigenvalue weighted by Gasteiger charge is 2.10. The maximum absolute atomic E-state index is 13.2. The van der Waals surface area contributed by atoms with Crippen LogP contribution in [-0.4, -0.2) is 9.13 Å². The van der Waals surface area contributed by atoms with Crippen molar-refractivity contribution in [2.45, 2.75) is 6.54 Å². The van der Waals surface area contributed by atoms with Crippen LogP contribution in [0.4, 0.5) is 4.39 Å². The van der Waals surface area contributed by atoms with E-state index >= 15 is 0 Å². The average Bonchev–Trinajstić information content (AvgIpc) is 2.36. The fourth-order valence-electron chi connectivity index (χ4n) is 1.66. The van der Waals surface area contributed by atoms with Crippen molar-refractivity contribution < 1.29 is 4.39 Å². The highest BCUT2D eigenvalue weighted by Crippen LogP contribution is 2.18. The average molecular weight is 439 g/mol. The molecule has 0 saturated carbocycles. The summed E-state index contributed by atoms with van der Waals surface area (Å²) in [6.07, 6.45) is 1.47. The van der Waals surface area contributed by atoms with Crippen LogP contribution in [0.2, 0.25) is 0 Å². The summed E-state index contributed by atoms with van der Waals surface area (Å²) in [5, 5.41) is 0. The van der Waals surface area contributed by atoms with Crippen molar-refractivity contribution in [2.24, 2.45) is 7.05 Å². The summed E-state index contributed by atoms with van der Waals surface area (Å²) >= 11 is 5.15. The first kappa shape index (κ1) is 14.4. The molecule has 0 bridgehead atoms. The van der Waals surface area contributed by atoms with Crippen molar-refractivity contribution in [1.29, 1.82) is 0 Å². The molecular weight excluding hydrogens is 430 g/mol. The maximum atomic E-state index is 13.2. The van der Waals surface area contributed by atoms with Crippen molar-refractivity contribution in [1.82, 2.24) is 9.13 Å². The quantitative estimate of drug-likeness (QED) is 0.674. The lowest BCUT2D eigenvalue weighted by atomic mass is 10.2. The van der Waals surface area contributed by atoms with Gasteiger partial charge in [0, 0.05) is 17.7 Å². The van der Waals surface area contributed by atoms with Gasteiger partial charge in [0.2, 0.25) is 0 Å². The van der Waals surface area contributed by atoms with Crippen molar-refractivity contribution in [3.8, 4) is 0 Å². The molecule has 2 rings (SSSR count). The number of hydrogen-bond donors (Lipinski definition) is 0. The monoisotopic (exact) mass is 438 g/mol. The van der Waals surface area contributed by atoms with E-state index in [4.69, 9.17) is 0 Å². The van der Waals surface area contributed by atoms with E-state index in [1.165, 1.54) is 22.9 Å². The number of aryl methyl sites for hydroxylation is 1. The molecule has 1 aromatic heterocycles. The molecule has 0 amide bonds. The number of halogens is 3. The summed E-state index contributed by atoms with van der Waals surface area (Å²) in [5.41, 5.74) is -0.261. The third-order valence-corrected chi connectivity index (χ3v) is 4.14. The van der Waals surface area contributed by atoms with E-state index in [0.717, 1.165) is 4.57 Å². The SMILES string of the molecule is Cn1cc(I)c(=O)n(Cc2cc(F)ccc2Br)c1=O. The molecule has 100 valence electrons. The van der Waals surface area contributed by atoms with Crippen LogP contribution in [0.1, 0.15) is 5.56 Å². The fourth-order valence-corrected chi connectivity index (χ4v) is 2.74. The molecule has 0 aliphatic rings. The Balaban J connectivity index is 2.59. The maximum Gasteiger partial charge on any atom is 0.331 e. The number of nitrogens with zero attached hydrogens (tertiary/aromatic N) is 2. The second kappa shape index (κ2) is 5.58. The first-order chi connectivity index (χ1) is 8.90. The van der Waals surface area contributed by atoms with Crippen LogP contribution in [0.3, 0.4) is 0 Å². The van der Waals surface area contributed by atoms with Crippen LogP contribution >= 0.6 is 38.5 Å². The van der Waals surface area contributed by atoms with E-state index in [1.54, 1.807) is 13.1 Å². The number of benzene rings is 1. The summed E-state index contributed by atoms with van der Waals surface area (Å²) in [7, 11) is 1.57. The zero-order chi connectivity index (χ0) is 14.2. The summed E-state index contributed by atoms with van der Waals surface area (Å²) in [5.74, 6) is -0.409. The molecular formula is C12H9BrFIN2O2. The molecule has 0 aliphatic carbocycles. The minimum absolute atomic E-state index is 0.0285. The van der Waals surface area contributed by atoms with Crippen molar-refractivity contribution in [3.05, 3.63) is 64.7 Å². The molecule has 0 atom stereocenters. The van der Waals surface area contributed by atoms with Crippen LogP contribution in [0, 0.1) is 9.39 Å². The van der Waals surface area contributed by atoms with Gasteiger partial charge >= 0.3 is 5.69 Å². The molecule has 1 heterocycles. The van der Waals surface area contributed by atoms with Crippen LogP contribution < -0.4 is 11.2 Å². The Labute approximate surface area is 130 Å². The smallest absolute Gasteiger partial charge is 0.302 e. The van der Waals surface area contributed by atoms with Gasteiger partial charge in [0.25, 0.3) is 5.56 Å². The zero-order valence-corrected chi connectivity index (χ0v) is 13.6. The number of rotatable bonds is 2. The topological polar surface area (TPSA) is 44.0 Å². The van der Waals surface area contributed by atoms with E-state index in [0.29, 0.717) is 13.6 Å². The van der Waals surface area contributed by atoms with E-state index in [2.05, 4.69) is 15.9 Å². The van der Waals surface area contributed by atoms with Crippen molar-refractivity contribution in [3.63, 3.8) is 0 Å². The van der Waals surface area contributed by atoms with Gasteiger partial charge in [-0.2, -0.15) is 0 Å². The lowest BCUT2D eigenvalue weighted by Crippen LogP contribution is -2.40. The second-order valence-corrected chi connectivity index (χ2v) is 6.01. The van der Waals surface area contributed by atoms with Gasteiger partial charge in [-0.05, 0) is 46.4 Å². The van der Waals surface area contributed by atoms with E-state index in [9.17, 15) is 14.0 Å². The summed E-state index contributed by atoms with van der Waals surface area (Å²) in [6.45, 7) is 0.0285. The largest absolute Gasteiger partial charge is 0.331 e. The molecule has 1 aromatic carbocycles. The van der Waals surface area contributed by atoms with Crippen molar-refractivity contribution >= 4 is 38.5 Å². The second-order valence-electron chi connectivity index (χ2n) is 4.00. The van der Waals surface area contributed by atoms with Crippen LogP contribution in [0.25, 0.3) is 0 Å². The van der Waals surface area contributed by atoms with Gasteiger partial charge in [-0.25, -0.2) is 9.18 Å². The Hall–Kier alpha value is -0.960. The fraction of sp³-hybridized carbons (Fsp3) is 0.167. The van der Waals surface area contributed by atoms with Gasteiger partial charge in [0.05, 0.1) is 10.1 Å². The van der Waals surface area contributed by atoms with E-state index in [-0.39, 0.29) is 12.1 Å². The Morgan fingerprint density at radius 3 is 2.74 bits per heavy atom. The highest BCUT2D eigenvalue weighted by molar-refractivity contribution is 14.1. The Kier molecular flexibility index (Phi) is 4.24. The molecule has 0 aliphatic heterocycles. The predicted octanol–water partition coefficient (Wildman–Crippen LogP) is 2.10. The predicted molar refractivity (Wildman–Crippen MR) is 81.9 cm³/mol. The molecule has 0 saturated heterocycles. The van der Waals surface area contributed by atoms with E-state index < -0.39 is 11.5 Å². The molecule has 0 N–H and O–H groups in total. The lowest BCUT2D eigenvalue weighted by molar-refractivity contribution is 0.610. The normalized spacial score (nSPS) is 10.7. The molecule has 7 heteroatoms. The first-order valence-corrected chi connectivity index (χ1v) is 7.17. The van der Waals surface area contributed by atoms with Crippen LogP contribution in [0.15, 0.2) is 38.5 Å². The molecule has 4 nitrogen and oxygen atoms in total.